The molecule has 192 valence electrons. The topological polar surface area (TPSA) is 45.4 Å². The molecular weight excluding hydrogens is 469 g/mol. The minimum Gasteiger partial charge on any atom is -0.334 e. The average Bonchev–Trinajstić information content (AvgIpc) is 3.25. The van der Waals surface area contributed by atoms with Crippen molar-refractivity contribution in [2.75, 3.05) is 21.1 Å². The molecule has 0 saturated heterocycles. The van der Waals surface area contributed by atoms with Gasteiger partial charge in [-0.3, -0.25) is 4.99 Å². The van der Waals surface area contributed by atoms with Crippen LogP contribution in [-0.2, 0) is 12.5 Å². The van der Waals surface area contributed by atoms with Crippen LogP contribution in [0.3, 0.4) is 0 Å². The van der Waals surface area contributed by atoms with Gasteiger partial charge in [-0.2, -0.15) is 0 Å². The van der Waals surface area contributed by atoms with E-state index in [0.29, 0.717) is 5.56 Å². The third-order valence-corrected chi connectivity index (χ3v) is 7.28. The van der Waals surface area contributed by atoms with Gasteiger partial charge in [-0.05, 0) is 49.9 Å². The average molecular weight is 508 g/mol. The van der Waals surface area contributed by atoms with Crippen LogP contribution in [0.25, 0.3) is 11.0 Å². The van der Waals surface area contributed by atoms with E-state index in [1.54, 1.807) is 24.9 Å². The Labute approximate surface area is 219 Å². The predicted octanol–water partition coefficient (Wildman–Crippen LogP) is 6.85. The minimum atomic E-state index is -0.368. The highest BCUT2D eigenvalue weighted by atomic mass is 32.2. The van der Waals surface area contributed by atoms with Crippen LogP contribution in [-0.4, -0.2) is 40.8 Å². The van der Waals surface area contributed by atoms with Crippen LogP contribution >= 0.6 is 11.8 Å². The largest absolute Gasteiger partial charge is 0.334 e. The zero-order chi connectivity index (χ0) is 27.0. The minimum absolute atomic E-state index is 0.0380. The van der Waals surface area contributed by atoms with E-state index in [1.165, 1.54) is 0 Å². The molecule has 0 radical (unpaired) electrons. The first kappa shape index (κ1) is 29.1. The lowest BCUT2D eigenvalue weighted by Crippen LogP contribution is -2.23. The number of imidazole rings is 1. The standard InChI is InChI=1S/C27H34FN5S.C2H4/c1-18(13-14-27(3,4)20-9-11-22(19(2)29-5)23(28)15-20)33(8)26(30-6)34-21-10-12-24-25(16-21)32(7)17-31-24;1-2/h9-17,19,29H,1H2,2-8H3;1-2H2/b14-13-,30-26?;. The maximum Gasteiger partial charge on any atom is 0.168 e. The fourth-order valence-corrected chi connectivity index (χ4v) is 4.47. The number of aromatic nitrogens is 2. The number of halogens is 1. The Kier molecular flexibility index (Phi) is 10.3. The van der Waals surface area contributed by atoms with Gasteiger partial charge in [0.05, 0.1) is 17.4 Å². The van der Waals surface area contributed by atoms with Crippen molar-refractivity contribution in [3.63, 3.8) is 0 Å². The summed E-state index contributed by atoms with van der Waals surface area (Å²) >= 11 is 1.57. The summed E-state index contributed by atoms with van der Waals surface area (Å²) in [6.45, 7) is 16.3. The summed E-state index contributed by atoms with van der Waals surface area (Å²) in [5, 5.41) is 3.91. The van der Waals surface area contributed by atoms with Crippen molar-refractivity contribution >= 4 is 28.0 Å². The molecule has 36 heavy (non-hydrogen) atoms. The smallest absolute Gasteiger partial charge is 0.168 e. The molecule has 3 aromatic rings. The SMILES string of the molecule is C=C.C=C(/C=C\C(C)(C)c1ccc(C(C)NC)c(F)c1)N(C)C(=NC)Sc1ccc2ncn(C)c2c1. The van der Waals surface area contributed by atoms with E-state index in [9.17, 15) is 4.39 Å². The van der Waals surface area contributed by atoms with E-state index < -0.39 is 0 Å². The molecule has 0 bridgehead atoms. The van der Waals surface area contributed by atoms with Gasteiger partial charge in [0.2, 0.25) is 0 Å². The Morgan fingerprint density at radius 2 is 1.94 bits per heavy atom. The number of aryl methyl sites for hydroxylation is 1. The van der Waals surface area contributed by atoms with Crippen molar-refractivity contribution in [1.29, 1.82) is 0 Å². The number of hydrogen-bond donors (Lipinski definition) is 1. The van der Waals surface area contributed by atoms with Crippen LogP contribution in [0.15, 0.2) is 90.2 Å². The molecule has 0 aliphatic carbocycles. The van der Waals surface area contributed by atoms with Crippen molar-refractivity contribution in [2.45, 2.75) is 37.1 Å². The second-order valence-corrected chi connectivity index (χ2v) is 10.0. The molecule has 1 aromatic heterocycles. The molecule has 0 spiro atoms. The van der Waals surface area contributed by atoms with Crippen molar-refractivity contribution in [1.82, 2.24) is 19.8 Å². The number of hydrogen-bond acceptors (Lipinski definition) is 4. The predicted molar refractivity (Wildman–Crippen MR) is 154 cm³/mol. The molecule has 0 fully saturated rings. The maximum absolute atomic E-state index is 14.7. The molecule has 2 aromatic carbocycles. The molecule has 7 heteroatoms. The molecular formula is C29H38FN5S. The highest BCUT2D eigenvalue weighted by molar-refractivity contribution is 8.13. The van der Waals surface area contributed by atoms with Gasteiger partial charge in [0.15, 0.2) is 5.17 Å². The zero-order valence-electron chi connectivity index (χ0n) is 22.5. The number of likely N-dealkylation sites (N-methyl/N-ethyl adjacent to an activating group) is 1. The first-order chi connectivity index (χ1) is 17.1. The van der Waals surface area contributed by atoms with Gasteiger partial charge in [-0.1, -0.05) is 50.4 Å². The summed E-state index contributed by atoms with van der Waals surface area (Å²) in [7, 11) is 7.54. The van der Waals surface area contributed by atoms with E-state index in [-0.39, 0.29) is 17.3 Å². The fraction of sp³-hybridized carbons (Fsp3) is 0.310. The van der Waals surface area contributed by atoms with Gasteiger partial charge in [0.25, 0.3) is 0 Å². The van der Waals surface area contributed by atoms with E-state index in [1.807, 2.05) is 74.2 Å². The third-order valence-electron chi connectivity index (χ3n) is 6.15. The number of rotatable bonds is 7. The summed E-state index contributed by atoms with van der Waals surface area (Å²) in [5.41, 5.74) is 4.05. The monoisotopic (exact) mass is 507 g/mol. The number of fused-ring (bicyclic) bond motifs is 1. The summed E-state index contributed by atoms with van der Waals surface area (Å²) in [6, 6.07) is 11.6. The summed E-state index contributed by atoms with van der Waals surface area (Å²) < 4.78 is 16.7. The van der Waals surface area contributed by atoms with Crippen LogP contribution in [0.5, 0.6) is 0 Å². The van der Waals surface area contributed by atoms with Gasteiger partial charge >= 0.3 is 0 Å². The van der Waals surface area contributed by atoms with E-state index >= 15 is 0 Å². The number of nitrogens with zero attached hydrogens (tertiary/aromatic N) is 4. The Balaban J connectivity index is 0.00000222. The number of thioether (sulfide) groups is 1. The first-order valence-electron chi connectivity index (χ1n) is 11.7. The zero-order valence-corrected chi connectivity index (χ0v) is 23.3. The molecule has 3 rings (SSSR count). The number of benzene rings is 2. The lowest BCUT2D eigenvalue weighted by Gasteiger charge is -2.25. The van der Waals surface area contributed by atoms with Crippen molar-refractivity contribution in [3.05, 3.63) is 97.3 Å². The van der Waals surface area contributed by atoms with Gasteiger partial charge < -0.3 is 14.8 Å². The van der Waals surface area contributed by atoms with Crippen LogP contribution < -0.4 is 5.32 Å². The highest BCUT2D eigenvalue weighted by Crippen LogP contribution is 2.30. The Morgan fingerprint density at radius 3 is 2.56 bits per heavy atom. The molecule has 1 N–H and O–H groups in total. The van der Waals surface area contributed by atoms with Crippen LogP contribution in [0.1, 0.15) is 37.9 Å². The summed E-state index contributed by atoms with van der Waals surface area (Å²) in [5.74, 6) is -0.195. The molecule has 0 aliphatic heterocycles. The van der Waals surface area contributed by atoms with Gasteiger partial charge in [-0.25, -0.2) is 9.37 Å². The molecule has 1 atom stereocenters. The molecule has 0 saturated carbocycles. The maximum atomic E-state index is 14.7. The second-order valence-electron chi connectivity index (χ2n) is 8.97. The Bertz CT molecular complexity index is 1260. The number of aliphatic imine (C=N–C) groups is 1. The first-order valence-corrected chi connectivity index (χ1v) is 12.5. The van der Waals surface area contributed by atoms with Gasteiger partial charge in [0, 0.05) is 48.8 Å². The highest BCUT2D eigenvalue weighted by Gasteiger charge is 2.20. The van der Waals surface area contributed by atoms with Crippen molar-refractivity contribution < 1.29 is 4.39 Å². The van der Waals surface area contributed by atoms with Crippen LogP contribution in [0.4, 0.5) is 4.39 Å². The van der Waals surface area contributed by atoms with Gasteiger partial charge in [-0.15, -0.1) is 13.2 Å². The normalized spacial score (nSPS) is 12.9. The molecule has 0 aliphatic rings. The second kappa shape index (κ2) is 12.7. The van der Waals surface area contributed by atoms with Crippen molar-refractivity contribution in [2.24, 2.45) is 12.0 Å². The number of amidine groups is 1. The molecule has 0 amide bonds. The van der Waals surface area contributed by atoms with Gasteiger partial charge in [0.1, 0.15) is 5.82 Å². The lowest BCUT2D eigenvalue weighted by molar-refractivity contribution is 0.554. The van der Waals surface area contributed by atoms with Crippen molar-refractivity contribution in [3.8, 4) is 0 Å². The summed E-state index contributed by atoms with van der Waals surface area (Å²) in [4.78, 5) is 11.9. The number of allylic oxidation sites excluding steroid dienone is 2. The Morgan fingerprint density at radius 1 is 1.25 bits per heavy atom. The quantitative estimate of drug-likeness (QED) is 0.125. The van der Waals surface area contributed by atoms with E-state index in [0.717, 1.165) is 32.4 Å². The van der Waals surface area contributed by atoms with E-state index in [4.69, 9.17) is 0 Å². The molecule has 5 nitrogen and oxygen atoms in total. The number of nitrogens with one attached hydrogen (secondary N) is 1. The summed E-state index contributed by atoms with van der Waals surface area (Å²) in [6.07, 6.45) is 5.84. The van der Waals surface area contributed by atoms with Crippen LogP contribution in [0.2, 0.25) is 0 Å². The Hall–Kier alpha value is -3.16. The molecule has 1 heterocycles. The molecule has 1 unspecified atom stereocenters. The lowest BCUT2D eigenvalue weighted by atomic mass is 9.83. The fourth-order valence-electron chi connectivity index (χ4n) is 3.61. The van der Waals surface area contributed by atoms with Crippen LogP contribution in [0, 0.1) is 5.82 Å². The third kappa shape index (κ3) is 6.74. The van der Waals surface area contributed by atoms with E-state index in [2.05, 4.69) is 61.0 Å².